The Bertz CT molecular complexity index is 3890. The van der Waals surface area contributed by atoms with E-state index in [1.165, 1.54) is 43.2 Å². The monoisotopic (exact) mass is 790 g/mol. The van der Waals surface area contributed by atoms with Crippen LogP contribution in [0.15, 0.2) is 211 Å². The first-order chi connectivity index (χ1) is 30.7. The van der Waals surface area contributed by atoms with Crippen LogP contribution in [0.25, 0.3) is 127 Å². The molecular weight excluding hydrogens is 757 g/mol. The van der Waals surface area contributed by atoms with E-state index in [0.29, 0.717) is 17.5 Å². The van der Waals surface area contributed by atoms with Crippen molar-refractivity contribution >= 4 is 76.1 Å². The average Bonchev–Trinajstić information content (AvgIpc) is 3.89. The number of fused-ring (bicyclic) bond motifs is 12. The van der Waals surface area contributed by atoms with Crippen molar-refractivity contribution in [2.75, 3.05) is 0 Å². The Kier molecular flexibility index (Phi) is 7.54. The Morgan fingerprint density at radius 2 is 0.823 bits per heavy atom. The molecule has 0 aliphatic carbocycles. The zero-order chi connectivity index (χ0) is 40.7. The molecule has 62 heavy (non-hydrogen) atoms. The molecule has 3 heterocycles. The molecule has 0 saturated heterocycles. The van der Waals surface area contributed by atoms with Gasteiger partial charge in [0.1, 0.15) is 11.2 Å². The third kappa shape index (κ3) is 5.32. The minimum Gasteiger partial charge on any atom is -0.456 e. The quantitative estimate of drug-likeness (QED) is 0.163. The second kappa shape index (κ2) is 13.6. The van der Waals surface area contributed by atoms with Gasteiger partial charge in [0.15, 0.2) is 17.5 Å². The summed E-state index contributed by atoms with van der Waals surface area (Å²) < 4.78 is 9.03. The van der Waals surface area contributed by atoms with Crippen molar-refractivity contribution in [1.82, 2.24) is 19.5 Å². The van der Waals surface area contributed by atoms with Gasteiger partial charge < -0.3 is 8.98 Å². The van der Waals surface area contributed by atoms with Gasteiger partial charge in [0.05, 0.1) is 11.0 Å². The Labute approximate surface area is 355 Å². The maximum absolute atomic E-state index is 6.68. The predicted molar refractivity (Wildman–Crippen MR) is 256 cm³/mol. The molecule has 0 saturated carbocycles. The van der Waals surface area contributed by atoms with Crippen molar-refractivity contribution in [2.45, 2.75) is 0 Å². The molecule has 0 N–H and O–H groups in total. The molecule has 0 atom stereocenters. The summed E-state index contributed by atoms with van der Waals surface area (Å²) in [5.41, 5.74) is 9.87. The van der Waals surface area contributed by atoms with Gasteiger partial charge in [-0.15, -0.1) is 0 Å². The van der Waals surface area contributed by atoms with Crippen LogP contribution in [0.4, 0.5) is 0 Å². The highest BCUT2D eigenvalue weighted by Gasteiger charge is 2.21. The van der Waals surface area contributed by atoms with E-state index in [1.807, 2.05) is 30.3 Å². The number of furan rings is 1. The summed E-state index contributed by atoms with van der Waals surface area (Å²) in [6.07, 6.45) is 0. The van der Waals surface area contributed by atoms with Crippen molar-refractivity contribution < 1.29 is 4.42 Å². The Morgan fingerprint density at radius 1 is 0.306 bits per heavy atom. The molecule has 13 rings (SSSR count). The SMILES string of the molecule is c1ccc(-c2nc(-c3cc(-c4ccc5c(c4)c4ccccc4n5-c4ccccc4)c4c(c3)oc3ccccc34)nc(-c3ccc4c5ccccc5c5ccccc5c4c3)n2)cc1. The number of aromatic nitrogens is 4. The number of para-hydroxylation sites is 3. The van der Waals surface area contributed by atoms with Crippen LogP contribution in [-0.4, -0.2) is 19.5 Å². The maximum Gasteiger partial charge on any atom is 0.164 e. The van der Waals surface area contributed by atoms with Gasteiger partial charge in [0.25, 0.3) is 0 Å². The molecule has 3 aromatic heterocycles. The molecule has 5 nitrogen and oxygen atoms in total. The van der Waals surface area contributed by atoms with E-state index in [-0.39, 0.29) is 0 Å². The summed E-state index contributed by atoms with van der Waals surface area (Å²) >= 11 is 0. The van der Waals surface area contributed by atoms with Gasteiger partial charge >= 0.3 is 0 Å². The van der Waals surface area contributed by atoms with Crippen molar-refractivity contribution in [1.29, 1.82) is 0 Å². The van der Waals surface area contributed by atoms with Crippen LogP contribution in [0.1, 0.15) is 0 Å². The second-order valence-electron chi connectivity index (χ2n) is 15.9. The molecule has 0 bridgehead atoms. The van der Waals surface area contributed by atoms with Gasteiger partial charge in [0, 0.05) is 43.9 Å². The van der Waals surface area contributed by atoms with Crippen molar-refractivity contribution in [2.24, 2.45) is 0 Å². The van der Waals surface area contributed by atoms with Crippen molar-refractivity contribution in [3.63, 3.8) is 0 Å². The molecule has 0 aliphatic heterocycles. The standard InChI is InChI=1S/C57H34N4O/c1-3-15-35(16-4-1)55-58-56(37-27-29-44-42-21-8-7-19-40(42)41-20-9-10-22-43(41)48(44)32-37)60-57(59-55)38-33-47(54-46-24-12-14-26-52(46)62-53(54)34-38)36-28-30-51-49(31-36)45-23-11-13-25-50(45)61(51)39-17-5-2-6-18-39/h1-34H. The summed E-state index contributed by atoms with van der Waals surface area (Å²) in [5.74, 6) is 1.78. The van der Waals surface area contributed by atoms with Crippen LogP contribution in [0, 0.1) is 0 Å². The lowest BCUT2D eigenvalue weighted by atomic mass is 9.93. The zero-order valence-corrected chi connectivity index (χ0v) is 33.3. The molecule has 13 aromatic rings. The third-order valence-corrected chi connectivity index (χ3v) is 12.4. The van der Waals surface area contributed by atoms with Gasteiger partial charge in [-0.05, 0) is 98.0 Å². The summed E-state index contributed by atoms with van der Waals surface area (Å²) in [7, 11) is 0. The molecule has 288 valence electrons. The summed E-state index contributed by atoms with van der Waals surface area (Å²) in [4.78, 5) is 15.7. The first kappa shape index (κ1) is 34.5. The number of hydrogen-bond acceptors (Lipinski definition) is 4. The van der Waals surface area contributed by atoms with E-state index in [0.717, 1.165) is 66.3 Å². The van der Waals surface area contributed by atoms with Gasteiger partial charge in [-0.3, -0.25) is 0 Å². The normalized spacial score (nSPS) is 11.9. The lowest BCUT2D eigenvalue weighted by Gasteiger charge is -2.13. The van der Waals surface area contributed by atoms with Crippen LogP contribution < -0.4 is 0 Å². The van der Waals surface area contributed by atoms with Crippen molar-refractivity contribution in [3.8, 4) is 51.0 Å². The van der Waals surface area contributed by atoms with Crippen LogP contribution in [0.5, 0.6) is 0 Å². The minimum atomic E-state index is 0.572. The fourth-order valence-corrected chi connectivity index (χ4v) is 9.60. The van der Waals surface area contributed by atoms with E-state index in [1.54, 1.807) is 0 Å². The minimum absolute atomic E-state index is 0.572. The van der Waals surface area contributed by atoms with E-state index in [2.05, 4.69) is 180 Å². The fourth-order valence-electron chi connectivity index (χ4n) is 9.60. The highest BCUT2D eigenvalue weighted by molar-refractivity contribution is 6.25. The first-order valence-corrected chi connectivity index (χ1v) is 20.9. The second-order valence-corrected chi connectivity index (χ2v) is 15.9. The zero-order valence-electron chi connectivity index (χ0n) is 33.3. The molecule has 0 radical (unpaired) electrons. The van der Waals surface area contributed by atoms with Gasteiger partial charge in [-0.25, -0.2) is 15.0 Å². The maximum atomic E-state index is 6.68. The van der Waals surface area contributed by atoms with Crippen LogP contribution in [-0.2, 0) is 0 Å². The number of benzene rings is 10. The summed E-state index contributed by atoms with van der Waals surface area (Å²) in [5, 5.41) is 11.8. The van der Waals surface area contributed by atoms with Crippen LogP contribution in [0.2, 0.25) is 0 Å². The lowest BCUT2D eigenvalue weighted by molar-refractivity contribution is 0.669. The molecule has 0 spiro atoms. The summed E-state index contributed by atoms with van der Waals surface area (Å²) in [6, 6.07) is 72.7. The van der Waals surface area contributed by atoms with E-state index >= 15 is 0 Å². The van der Waals surface area contributed by atoms with Crippen LogP contribution >= 0.6 is 0 Å². The van der Waals surface area contributed by atoms with Crippen molar-refractivity contribution in [3.05, 3.63) is 206 Å². The highest BCUT2D eigenvalue weighted by atomic mass is 16.3. The highest BCUT2D eigenvalue weighted by Crippen LogP contribution is 2.43. The third-order valence-electron chi connectivity index (χ3n) is 12.4. The Balaban J connectivity index is 1.05. The molecule has 0 amide bonds. The van der Waals surface area contributed by atoms with Crippen LogP contribution in [0.3, 0.4) is 0 Å². The van der Waals surface area contributed by atoms with Gasteiger partial charge in [0.2, 0.25) is 0 Å². The summed E-state index contributed by atoms with van der Waals surface area (Å²) in [6.45, 7) is 0. The first-order valence-electron chi connectivity index (χ1n) is 20.9. The number of hydrogen-bond donors (Lipinski definition) is 0. The average molecular weight is 791 g/mol. The Hall–Kier alpha value is -8.41. The molecule has 10 aromatic carbocycles. The van der Waals surface area contributed by atoms with E-state index in [9.17, 15) is 0 Å². The van der Waals surface area contributed by atoms with Gasteiger partial charge in [-0.2, -0.15) is 0 Å². The lowest BCUT2D eigenvalue weighted by Crippen LogP contribution is -2.00. The molecule has 0 fully saturated rings. The molecule has 0 unspecified atom stereocenters. The Morgan fingerprint density at radius 3 is 1.55 bits per heavy atom. The fraction of sp³-hybridized carbons (Fsp3) is 0. The van der Waals surface area contributed by atoms with E-state index in [4.69, 9.17) is 19.4 Å². The number of rotatable bonds is 5. The predicted octanol–water partition coefficient (Wildman–Crippen LogP) is 15.0. The molecular formula is C57H34N4O. The smallest absolute Gasteiger partial charge is 0.164 e. The van der Waals surface area contributed by atoms with Gasteiger partial charge in [-0.1, -0.05) is 152 Å². The number of nitrogens with zero attached hydrogens (tertiary/aromatic N) is 4. The largest absolute Gasteiger partial charge is 0.456 e. The van der Waals surface area contributed by atoms with E-state index < -0.39 is 0 Å². The molecule has 5 heteroatoms. The topological polar surface area (TPSA) is 56.7 Å². The molecule has 0 aliphatic rings.